The van der Waals surface area contributed by atoms with Gasteiger partial charge in [-0.15, -0.1) is 0 Å². The van der Waals surface area contributed by atoms with Gasteiger partial charge in [-0.25, -0.2) is 0 Å². The van der Waals surface area contributed by atoms with E-state index in [9.17, 15) is 0 Å². The number of rotatable bonds is 4. The van der Waals surface area contributed by atoms with E-state index in [0.29, 0.717) is 6.04 Å². The first-order valence-electron chi connectivity index (χ1n) is 10.3. The number of nitrogens with zero attached hydrogens (tertiary/aromatic N) is 2. The Morgan fingerprint density at radius 2 is 2.07 bits per heavy atom. The van der Waals surface area contributed by atoms with Crippen molar-refractivity contribution < 1.29 is 0 Å². The molecule has 3 aliphatic rings. The largest absolute Gasteiger partial charge is 0.374 e. The predicted octanol–water partition coefficient (Wildman–Crippen LogP) is 3.59. The van der Waals surface area contributed by atoms with Gasteiger partial charge < -0.3 is 15.5 Å². The van der Waals surface area contributed by atoms with Crippen LogP contribution in [0.15, 0.2) is 47.5 Å². The summed E-state index contributed by atoms with van der Waals surface area (Å²) in [6.45, 7) is 7.80. The number of likely N-dealkylation sites (N-methyl/N-ethyl adjacent to an activating group) is 1. The molecule has 0 amide bonds. The Hall–Kier alpha value is -1.91. The molecule has 2 aliphatic heterocycles. The number of piperidine rings is 1. The fourth-order valence-electron chi connectivity index (χ4n) is 4.79. The molecule has 2 N–H and O–H groups in total. The van der Waals surface area contributed by atoms with Gasteiger partial charge in [0.25, 0.3) is 0 Å². The summed E-state index contributed by atoms with van der Waals surface area (Å²) in [5.74, 6) is 0. The highest BCUT2D eigenvalue weighted by atomic mass is 15.1. The number of pyridine rings is 1. The molecule has 4 nitrogen and oxygen atoms in total. The Balaban J connectivity index is 1.66. The topological polar surface area (TPSA) is 40.2 Å². The van der Waals surface area contributed by atoms with Crippen LogP contribution in [0, 0.1) is 0 Å². The summed E-state index contributed by atoms with van der Waals surface area (Å²) in [6, 6.07) is 2.73. The van der Waals surface area contributed by atoms with Gasteiger partial charge in [-0.1, -0.05) is 19.1 Å². The summed E-state index contributed by atoms with van der Waals surface area (Å²) in [5, 5.41) is 7.49. The highest BCUT2D eigenvalue weighted by Gasteiger charge is 2.36. The van der Waals surface area contributed by atoms with Crippen LogP contribution in [-0.2, 0) is 5.54 Å². The summed E-state index contributed by atoms with van der Waals surface area (Å²) in [6.07, 6.45) is 15.5. The van der Waals surface area contributed by atoms with Gasteiger partial charge in [-0.05, 0) is 80.1 Å². The zero-order chi connectivity index (χ0) is 18.9. The average Bonchev–Trinajstić information content (AvgIpc) is 2.68. The van der Waals surface area contributed by atoms with E-state index in [1.54, 1.807) is 0 Å². The van der Waals surface area contributed by atoms with Crippen molar-refractivity contribution in [2.24, 2.45) is 0 Å². The highest BCUT2D eigenvalue weighted by Crippen LogP contribution is 2.40. The number of hydrogen-bond acceptors (Lipinski definition) is 4. The van der Waals surface area contributed by atoms with Crippen LogP contribution in [0.2, 0.25) is 0 Å². The fraction of sp³-hybridized carbons (Fsp3) is 0.522. The summed E-state index contributed by atoms with van der Waals surface area (Å²) < 4.78 is 0. The molecule has 1 aliphatic carbocycles. The average molecular weight is 365 g/mol. The standard InChI is InChI=1S/C23H32N4/c1-4-21-6-5-18(16-27(21)3)19-13-17-7-10-25-15-22(17)23(2,14-19)26-20-8-11-24-12-9-20/h5-7,10,13,15,20,24,26H,4,8-9,11-12,14,16H2,1-3H3. The maximum absolute atomic E-state index is 4.44. The molecule has 4 rings (SSSR count). The first-order chi connectivity index (χ1) is 13.1. The fourth-order valence-corrected chi connectivity index (χ4v) is 4.79. The summed E-state index contributed by atoms with van der Waals surface area (Å²) in [7, 11) is 2.20. The molecule has 1 aromatic heterocycles. The zero-order valence-corrected chi connectivity index (χ0v) is 16.9. The second kappa shape index (κ2) is 7.61. The molecule has 0 bridgehead atoms. The lowest BCUT2D eigenvalue weighted by atomic mass is 9.75. The van der Waals surface area contributed by atoms with Crippen molar-refractivity contribution in [3.05, 3.63) is 58.6 Å². The third-order valence-electron chi connectivity index (χ3n) is 6.33. The highest BCUT2D eigenvalue weighted by molar-refractivity contribution is 5.66. The molecule has 0 radical (unpaired) electrons. The van der Waals surface area contributed by atoms with Crippen LogP contribution in [0.1, 0.15) is 50.7 Å². The molecule has 144 valence electrons. The van der Waals surface area contributed by atoms with E-state index in [2.05, 4.69) is 71.9 Å². The Kier molecular flexibility index (Phi) is 5.20. The molecule has 0 aromatic carbocycles. The van der Waals surface area contributed by atoms with Crippen LogP contribution in [0.4, 0.5) is 0 Å². The van der Waals surface area contributed by atoms with Crippen LogP contribution in [-0.4, -0.2) is 42.6 Å². The van der Waals surface area contributed by atoms with Crippen molar-refractivity contribution >= 4 is 6.08 Å². The molecular weight excluding hydrogens is 332 g/mol. The van der Waals surface area contributed by atoms with E-state index in [0.717, 1.165) is 32.5 Å². The summed E-state index contributed by atoms with van der Waals surface area (Å²) in [5.41, 5.74) is 6.89. The van der Waals surface area contributed by atoms with Gasteiger partial charge in [0.15, 0.2) is 0 Å². The van der Waals surface area contributed by atoms with E-state index in [4.69, 9.17) is 0 Å². The Morgan fingerprint density at radius 3 is 2.81 bits per heavy atom. The lowest BCUT2D eigenvalue weighted by molar-refractivity contribution is 0.268. The van der Waals surface area contributed by atoms with E-state index in [1.165, 1.54) is 40.8 Å². The number of fused-ring (bicyclic) bond motifs is 1. The minimum atomic E-state index is -0.0656. The SMILES string of the molecule is CCC1=CC=C(C2=Cc3ccncc3C(C)(NC3CCNCC3)C2)CN1C. The molecular formula is C23H32N4. The molecule has 4 heteroatoms. The van der Waals surface area contributed by atoms with Gasteiger partial charge >= 0.3 is 0 Å². The second-order valence-corrected chi connectivity index (χ2v) is 8.37. The lowest BCUT2D eigenvalue weighted by Gasteiger charge is -2.41. The predicted molar refractivity (Wildman–Crippen MR) is 112 cm³/mol. The monoisotopic (exact) mass is 364 g/mol. The van der Waals surface area contributed by atoms with Gasteiger partial charge in [0.1, 0.15) is 0 Å². The third-order valence-corrected chi connectivity index (χ3v) is 6.33. The molecule has 1 unspecified atom stereocenters. The molecule has 1 aromatic rings. The Labute approximate surface area is 163 Å². The second-order valence-electron chi connectivity index (χ2n) is 8.37. The number of nitrogens with one attached hydrogen (secondary N) is 2. The van der Waals surface area contributed by atoms with Crippen LogP contribution in [0.5, 0.6) is 0 Å². The van der Waals surface area contributed by atoms with Gasteiger partial charge in [0.05, 0.1) is 0 Å². The van der Waals surface area contributed by atoms with Crippen LogP contribution >= 0.6 is 0 Å². The molecule has 0 saturated carbocycles. The van der Waals surface area contributed by atoms with Crippen LogP contribution in [0.25, 0.3) is 6.08 Å². The minimum Gasteiger partial charge on any atom is -0.374 e. The quantitative estimate of drug-likeness (QED) is 0.857. The van der Waals surface area contributed by atoms with Crippen molar-refractivity contribution in [1.82, 2.24) is 20.5 Å². The van der Waals surface area contributed by atoms with Crippen molar-refractivity contribution in [3.8, 4) is 0 Å². The van der Waals surface area contributed by atoms with Crippen molar-refractivity contribution in [2.75, 3.05) is 26.7 Å². The molecule has 27 heavy (non-hydrogen) atoms. The van der Waals surface area contributed by atoms with Gasteiger partial charge in [-0.3, -0.25) is 4.98 Å². The summed E-state index contributed by atoms with van der Waals surface area (Å²) >= 11 is 0. The van der Waals surface area contributed by atoms with Crippen LogP contribution in [0.3, 0.4) is 0 Å². The van der Waals surface area contributed by atoms with E-state index < -0.39 is 0 Å². The number of hydrogen-bond donors (Lipinski definition) is 2. The van der Waals surface area contributed by atoms with Gasteiger partial charge in [-0.2, -0.15) is 0 Å². The molecule has 1 fully saturated rings. The molecule has 1 atom stereocenters. The third kappa shape index (κ3) is 3.74. The number of allylic oxidation sites excluding steroid dienone is 3. The van der Waals surface area contributed by atoms with Crippen molar-refractivity contribution in [3.63, 3.8) is 0 Å². The summed E-state index contributed by atoms with van der Waals surface area (Å²) in [4.78, 5) is 6.83. The van der Waals surface area contributed by atoms with E-state index in [-0.39, 0.29) is 5.54 Å². The molecule has 3 heterocycles. The lowest BCUT2D eigenvalue weighted by Crippen LogP contribution is -2.51. The van der Waals surface area contributed by atoms with Crippen LogP contribution < -0.4 is 10.6 Å². The van der Waals surface area contributed by atoms with E-state index >= 15 is 0 Å². The van der Waals surface area contributed by atoms with Gasteiger partial charge in [0.2, 0.25) is 0 Å². The van der Waals surface area contributed by atoms with Crippen molar-refractivity contribution in [1.29, 1.82) is 0 Å². The first kappa shape index (κ1) is 18.5. The normalized spacial score (nSPS) is 26.2. The Morgan fingerprint density at radius 1 is 1.26 bits per heavy atom. The molecule has 0 spiro atoms. The van der Waals surface area contributed by atoms with Crippen molar-refractivity contribution in [2.45, 2.75) is 51.1 Å². The molecule has 1 saturated heterocycles. The number of aromatic nitrogens is 1. The van der Waals surface area contributed by atoms with E-state index in [1.807, 2.05) is 6.20 Å². The van der Waals surface area contributed by atoms with Gasteiger partial charge in [0, 0.05) is 43.3 Å². The smallest absolute Gasteiger partial charge is 0.0470 e. The maximum atomic E-state index is 4.44. The maximum Gasteiger partial charge on any atom is 0.0470 e. The Bertz CT molecular complexity index is 785. The minimum absolute atomic E-state index is 0.0656. The first-order valence-corrected chi connectivity index (χ1v) is 10.3. The zero-order valence-electron chi connectivity index (χ0n) is 16.9.